The van der Waals surface area contributed by atoms with Crippen LogP contribution in [0, 0.1) is 13.8 Å². The molecule has 2 unspecified atom stereocenters. The number of rotatable bonds is 4. The van der Waals surface area contributed by atoms with Gasteiger partial charge >= 0.3 is 0 Å². The molecule has 10 heteroatoms. The van der Waals surface area contributed by atoms with Gasteiger partial charge in [-0.1, -0.05) is 18.0 Å². The second-order valence-electron chi connectivity index (χ2n) is 8.23. The minimum Gasteiger partial charge on any atom is -0.360 e. The van der Waals surface area contributed by atoms with Crippen LogP contribution in [0.2, 0.25) is 0 Å². The highest BCUT2D eigenvalue weighted by Crippen LogP contribution is 2.35. The molecule has 1 aromatic rings. The summed E-state index contributed by atoms with van der Waals surface area (Å²) in [6, 6.07) is 0.797. The van der Waals surface area contributed by atoms with Crippen molar-refractivity contribution in [3.63, 3.8) is 0 Å². The van der Waals surface area contributed by atoms with E-state index >= 15 is 0 Å². The van der Waals surface area contributed by atoms with Gasteiger partial charge in [0.1, 0.15) is 16.1 Å². The van der Waals surface area contributed by atoms with Gasteiger partial charge in [0, 0.05) is 25.2 Å². The van der Waals surface area contributed by atoms with Gasteiger partial charge in [-0.15, -0.1) is 12.4 Å². The molecule has 2 N–H and O–H groups in total. The van der Waals surface area contributed by atoms with E-state index in [0.717, 1.165) is 32.1 Å². The number of hydrogen-bond donors (Lipinski definition) is 2. The molecule has 1 saturated carbocycles. The van der Waals surface area contributed by atoms with Crippen LogP contribution in [0.4, 0.5) is 0 Å². The van der Waals surface area contributed by atoms with Crippen molar-refractivity contribution in [3.8, 4) is 0 Å². The number of likely N-dealkylation sites (tertiary alicyclic amines) is 1. The van der Waals surface area contributed by atoms with Crippen LogP contribution in [0.25, 0.3) is 0 Å². The molecule has 3 heterocycles. The van der Waals surface area contributed by atoms with Crippen LogP contribution in [-0.4, -0.2) is 55.1 Å². The Hall–Kier alpha value is -1.16. The van der Waals surface area contributed by atoms with Crippen LogP contribution >= 0.6 is 12.4 Å². The lowest BCUT2D eigenvalue weighted by Gasteiger charge is -2.35. The molecule has 0 aromatic carbocycles. The normalized spacial score (nSPS) is 26.7. The van der Waals surface area contributed by atoms with Crippen molar-refractivity contribution in [2.75, 3.05) is 13.1 Å². The van der Waals surface area contributed by atoms with Gasteiger partial charge in [0.2, 0.25) is 15.9 Å². The fraction of sp³-hybridized carbons (Fsp3) is 0.778. The number of nitrogens with zero attached hydrogens (tertiary/aromatic N) is 2. The molecular formula is C18H29ClN4O4S. The highest BCUT2D eigenvalue weighted by atomic mass is 35.5. The van der Waals surface area contributed by atoms with E-state index in [1.54, 1.807) is 13.8 Å². The third kappa shape index (κ3) is 3.81. The number of hydrogen-bond acceptors (Lipinski definition) is 6. The number of fused-ring (bicyclic) bond motifs is 2. The Morgan fingerprint density at radius 1 is 1.21 bits per heavy atom. The fourth-order valence-corrected chi connectivity index (χ4v) is 6.68. The van der Waals surface area contributed by atoms with Gasteiger partial charge in [0.25, 0.3) is 0 Å². The first-order valence-corrected chi connectivity index (χ1v) is 11.3. The summed E-state index contributed by atoms with van der Waals surface area (Å²) in [5.41, 5.74) is -0.740. The second-order valence-corrected chi connectivity index (χ2v) is 9.84. The van der Waals surface area contributed by atoms with E-state index in [0.29, 0.717) is 43.7 Å². The largest absolute Gasteiger partial charge is 0.360 e. The summed E-state index contributed by atoms with van der Waals surface area (Å²) in [6.07, 6.45) is 5.92. The van der Waals surface area contributed by atoms with Crippen molar-refractivity contribution in [1.29, 1.82) is 0 Å². The van der Waals surface area contributed by atoms with Gasteiger partial charge in [-0.2, -0.15) is 4.72 Å². The minimum atomic E-state index is -3.89. The monoisotopic (exact) mass is 432 g/mol. The Kier molecular flexibility index (Phi) is 6.10. The van der Waals surface area contributed by atoms with E-state index in [-0.39, 0.29) is 29.0 Å². The lowest BCUT2D eigenvalue weighted by Crippen LogP contribution is -2.59. The van der Waals surface area contributed by atoms with Gasteiger partial charge in [0.05, 0.1) is 0 Å². The molecule has 1 aromatic heterocycles. The van der Waals surface area contributed by atoms with E-state index in [2.05, 4.69) is 15.2 Å². The third-order valence-electron chi connectivity index (χ3n) is 6.24. The molecular weight excluding hydrogens is 404 g/mol. The number of amides is 1. The van der Waals surface area contributed by atoms with Crippen LogP contribution in [0.1, 0.15) is 56.4 Å². The maximum atomic E-state index is 13.5. The van der Waals surface area contributed by atoms with Crippen molar-refractivity contribution in [2.45, 2.75) is 81.3 Å². The number of carbonyl (C=O) groups is 1. The standard InChI is InChI=1S/C18H28N4O4S.ClH/c1-12-16(13(2)26-20-12)27(24,25)21-18(8-3-4-9-18)17(23)22-10-7-14-5-6-15(11-22)19-14;/h14-15,19,21H,3-11H2,1-2H3;1H. The Morgan fingerprint density at radius 3 is 2.54 bits per heavy atom. The predicted molar refractivity (Wildman–Crippen MR) is 106 cm³/mol. The number of aryl methyl sites for hydroxylation is 2. The SMILES string of the molecule is Cc1noc(C)c1S(=O)(=O)NC1(C(=O)N2CCC3CCC(C2)N3)CCCC1.Cl. The second kappa shape index (κ2) is 7.93. The van der Waals surface area contributed by atoms with Gasteiger partial charge in [-0.25, -0.2) is 8.42 Å². The Balaban J connectivity index is 0.00000225. The molecule has 0 radical (unpaired) electrons. The summed E-state index contributed by atoms with van der Waals surface area (Å²) in [4.78, 5) is 15.4. The first-order valence-electron chi connectivity index (χ1n) is 9.83. The van der Waals surface area contributed by atoms with E-state index in [4.69, 9.17) is 4.52 Å². The fourth-order valence-electron chi connectivity index (χ4n) is 4.93. The maximum Gasteiger partial charge on any atom is 0.246 e. The number of aromatic nitrogens is 1. The Bertz CT molecular complexity index is 815. The van der Waals surface area contributed by atoms with Crippen LogP contribution in [0.5, 0.6) is 0 Å². The average molecular weight is 433 g/mol. The van der Waals surface area contributed by atoms with Crippen LogP contribution in [0.15, 0.2) is 9.42 Å². The molecule has 28 heavy (non-hydrogen) atoms. The quantitative estimate of drug-likeness (QED) is 0.749. The molecule has 3 fully saturated rings. The highest BCUT2D eigenvalue weighted by molar-refractivity contribution is 7.89. The Labute approximate surface area is 172 Å². The molecule has 2 atom stereocenters. The topological polar surface area (TPSA) is 105 Å². The van der Waals surface area contributed by atoms with Gasteiger partial charge in [-0.3, -0.25) is 4.79 Å². The zero-order valence-corrected chi connectivity index (χ0v) is 18.0. The number of halogens is 1. The van der Waals surface area contributed by atoms with Crippen LogP contribution in [-0.2, 0) is 14.8 Å². The number of carbonyl (C=O) groups excluding carboxylic acids is 1. The summed E-state index contributed by atoms with van der Waals surface area (Å²) in [5, 5.41) is 7.33. The van der Waals surface area contributed by atoms with Crippen molar-refractivity contribution in [1.82, 2.24) is 20.1 Å². The molecule has 2 saturated heterocycles. The summed E-state index contributed by atoms with van der Waals surface area (Å²) in [6.45, 7) is 4.52. The molecule has 0 spiro atoms. The van der Waals surface area contributed by atoms with Crippen LogP contribution in [0.3, 0.4) is 0 Å². The van der Waals surface area contributed by atoms with Gasteiger partial charge < -0.3 is 14.7 Å². The first kappa shape index (κ1) is 21.5. The molecule has 158 valence electrons. The van der Waals surface area contributed by atoms with Crippen molar-refractivity contribution in [2.24, 2.45) is 0 Å². The zero-order chi connectivity index (χ0) is 19.2. The third-order valence-corrected chi connectivity index (χ3v) is 8.02. The molecule has 3 aliphatic rings. The number of nitrogens with one attached hydrogen (secondary N) is 2. The minimum absolute atomic E-state index is 0. The molecule has 4 rings (SSSR count). The van der Waals surface area contributed by atoms with Crippen molar-refractivity contribution in [3.05, 3.63) is 11.5 Å². The van der Waals surface area contributed by atoms with Gasteiger partial charge in [-0.05, 0) is 46.0 Å². The number of sulfonamides is 1. The average Bonchev–Trinajstić information content (AvgIpc) is 3.27. The van der Waals surface area contributed by atoms with Gasteiger partial charge in [0.15, 0.2) is 5.76 Å². The van der Waals surface area contributed by atoms with E-state index in [1.807, 2.05) is 4.90 Å². The van der Waals surface area contributed by atoms with E-state index < -0.39 is 15.6 Å². The van der Waals surface area contributed by atoms with Crippen molar-refractivity contribution < 1.29 is 17.7 Å². The lowest BCUT2D eigenvalue weighted by atomic mass is 9.96. The Morgan fingerprint density at radius 2 is 1.89 bits per heavy atom. The summed E-state index contributed by atoms with van der Waals surface area (Å²) < 4.78 is 34.0. The summed E-state index contributed by atoms with van der Waals surface area (Å²) in [5.74, 6) is 0.168. The molecule has 2 bridgehead atoms. The maximum absolute atomic E-state index is 13.5. The van der Waals surface area contributed by atoms with E-state index in [1.165, 1.54) is 0 Å². The molecule has 8 nitrogen and oxygen atoms in total. The molecule has 1 aliphatic carbocycles. The first-order chi connectivity index (χ1) is 12.8. The highest BCUT2D eigenvalue weighted by Gasteiger charge is 2.48. The molecule has 1 amide bonds. The smallest absolute Gasteiger partial charge is 0.246 e. The summed E-state index contributed by atoms with van der Waals surface area (Å²) >= 11 is 0. The zero-order valence-electron chi connectivity index (χ0n) is 16.4. The lowest BCUT2D eigenvalue weighted by molar-refractivity contribution is -0.137. The van der Waals surface area contributed by atoms with Crippen LogP contribution < -0.4 is 10.0 Å². The summed E-state index contributed by atoms with van der Waals surface area (Å²) in [7, 11) is -3.89. The predicted octanol–water partition coefficient (Wildman–Crippen LogP) is 1.66. The molecule has 2 aliphatic heterocycles. The van der Waals surface area contributed by atoms with E-state index in [9.17, 15) is 13.2 Å². The van der Waals surface area contributed by atoms with Crippen molar-refractivity contribution >= 4 is 28.3 Å².